The lowest BCUT2D eigenvalue weighted by Gasteiger charge is -2.17. The van der Waals surface area contributed by atoms with E-state index >= 15 is 0 Å². The fourth-order valence-electron chi connectivity index (χ4n) is 1.70. The highest BCUT2D eigenvalue weighted by molar-refractivity contribution is 9.10. The Morgan fingerprint density at radius 1 is 1.40 bits per heavy atom. The Labute approximate surface area is 129 Å². The highest BCUT2D eigenvalue weighted by Crippen LogP contribution is 2.25. The second kappa shape index (κ2) is 8.39. The molecule has 0 atom stereocenters. The largest absolute Gasteiger partial charge is 0.496 e. The number of hydrogen-bond donors (Lipinski definition) is 0. The zero-order valence-corrected chi connectivity index (χ0v) is 14.1. The zero-order chi connectivity index (χ0) is 15.1. The summed E-state index contributed by atoms with van der Waals surface area (Å²) in [6.07, 6.45) is 0.219. The minimum atomic E-state index is 0.0837. The monoisotopic (exact) mass is 343 g/mol. The molecule has 112 valence electrons. The van der Waals surface area contributed by atoms with Crippen LogP contribution in [0.25, 0.3) is 0 Å². The smallest absolute Gasteiger partial charge is 0.176 e. The molecule has 0 spiro atoms. The summed E-state index contributed by atoms with van der Waals surface area (Å²) >= 11 is 3.39. The van der Waals surface area contributed by atoms with E-state index in [0.29, 0.717) is 18.7 Å². The number of Topliss-reactive ketones (excluding diaryl/α,β-unsaturated/α-hetero) is 1. The Bertz CT molecular complexity index is 449. The summed E-state index contributed by atoms with van der Waals surface area (Å²) in [5.74, 6) is 0.806. The fraction of sp³-hybridized carbons (Fsp3) is 0.533. The molecule has 0 saturated carbocycles. The normalized spacial score (nSPS) is 11.2. The van der Waals surface area contributed by atoms with E-state index in [-0.39, 0.29) is 11.9 Å². The van der Waals surface area contributed by atoms with Crippen LogP contribution >= 0.6 is 15.9 Å². The molecule has 0 aliphatic carbocycles. The lowest BCUT2D eigenvalue weighted by Crippen LogP contribution is -2.29. The predicted octanol–water partition coefficient (Wildman–Crippen LogP) is 3.00. The van der Waals surface area contributed by atoms with Crippen LogP contribution in [0.1, 0.15) is 24.2 Å². The number of likely N-dealkylation sites (N-methyl/N-ethyl adjacent to an activating group) is 1. The lowest BCUT2D eigenvalue weighted by atomic mass is 10.1. The van der Waals surface area contributed by atoms with E-state index in [1.807, 2.05) is 25.8 Å². The average Bonchev–Trinajstić information content (AvgIpc) is 2.38. The third-order valence-electron chi connectivity index (χ3n) is 2.81. The maximum Gasteiger partial charge on any atom is 0.176 e. The summed E-state index contributed by atoms with van der Waals surface area (Å²) in [4.78, 5) is 14.1. The van der Waals surface area contributed by atoms with E-state index in [1.54, 1.807) is 25.3 Å². The quantitative estimate of drug-likeness (QED) is 0.680. The van der Waals surface area contributed by atoms with Crippen molar-refractivity contribution in [1.82, 2.24) is 4.90 Å². The molecule has 0 unspecified atom stereocenters. The van der Waals surface area contributed by atoms with Gasteiger partial charge in [0, 0.05) is 12.1 Å². The molecule has 0 fully saturated rings. The topological polar surface area (TPSA) is 38.8 Å². The number of nitrogens with zero attached hydrogens (tertiary/aromatic N) is 1. The van der Waals surface area contributed by atoms with Gasteiger partial charge in [0.15, 0.2) is 5.78 Å². The molecule has 0 aliphatic heterocycles. The molecule has 0 N–H and O–H groups in total. The Balaban J connectivity index is 2.51. The summed E-state index contributed by atoms with van der Waals surface area (Å²) in [6.45, 7) is 5.75. The standard InChI is InChI=1S/C15H22BrNO3/c1-11(2)20-8-7-17(3)10-14(18)12-5-6-15(19-4)13(16)9-12/h5-6,9,11H,7-8,10H2,1-4H3. The van der Waals surface area contributed by atoms with Crippen LogP contribution in [0.2, 0.25) is 0 Å². The SMILES string of the molecule is COc1ccc(C(=O)CN(C)CCOC(C)C)cc1Br. The number of halogens is 1. The summed E-state index contributed by atoms with van der Waals surface area (Å²) in [5, 5.41) is 0. The molecule has 5 heteroatoms. The molecule has 4 nitrogen and oxygen atoms in total. The van der Waals surface area contributed by atoms with Crippen molar-refractivity contribution in [2.24, 2.45) is 0 Å². The van der Waals surface area contributed by atoms with Gasteiger partial charge in [0.05, 0.1) is 30.8 Å². The molecular formula is C15H22BrNO3. The minimum Gasteiger partial charge on any atom is -0.496 e. The third kappa shape index (κ3) is 5.61. The number of ether oxygens (including phenoxy) is 2. The van der Waals surface area contributed by atoms with Gasteiger partial charge in [-0.05, 0) is 55.0 Å². The Kier molecular flexibility index (Phi) is 7.19. The van der Waals surface area contributed by atoms with Crippen LogP contribution in [0, 0.1) is 0 Å². The highest BCUT2D eigenvalue weighted by atomic mass is 79.9. The summed E-state index contributed by atoms with van der Waals surface area (Å²) in [7, 11) is 3.52. The van der Waals surface area contributed by atoms with Crippen molar-refractivity contribution in [3.05, 3.63) is 28.2 Å². The molecule has 0 bridgehead atoms. The van der Waals surface area contributed by atoms with Gasteiger partial charge in [-0.25, -0.2) is 0 Å². The Morgan fingerprint density at radius 3 is 2.65 bits per heavy atom. The zero-order valence-electron chi connectivity index (χ0n) is 12.5. The van der Waals surface area contributed by atoms with Crippen molar-refractivity contribution in [3.63, 3.8) is 0 Å². The number of methoxy groups -OCH3 is 1. The molecule has 0 radical (unpaired) electrons. The maximum absolute atomic E-state index is 12.2. The number of carbonyl (C=O) groups excluding carboxylic acids is 1. The highest BCUT2D eigenvalue weighted by Gasteiger charge is 2.11. The summed E-state index contributed by atoms with van der Waals surface area (Å²) in [5.41, 5.74) is 0.675. The van der Waals surface area contributed by atoms with Gasteiger partial charge in [0.2, 0.25) is 0 Å². The summed E-state index contributed by atoms with van der Waals surface area (Å²) < 4.78 is 11.4. The van der Waals surface area contributed by atoms with Crippen molar-refractivity contribution >= 4 is 21.7 Å². The first kappa shape index (κ1) is 17.1. The van der Waals surface area contributed by atoms with Gasteiger partial charge < -0.3 is 9.47 Å². The van der Waals surface area contributed by atoms with Gasteiger partial charge in [-0.2, -0.15) is 0 Å². The van der Waals surface area contributed by atoms with Crippen molar-refractivity contribution in [1.29, 1.82) is 0 Å². The Hall–Kier alpha value is -0.910. The van der Waals surface area contributed by atoms with Crippen LogP contribution in [-0.2, 0) is 4.74 Å². The van der Waals surface area contributed by atoms with Gasteiger partial charge >= 0.3 is 0 Å². The third-order valence-corrected chi connectivity index (χ3v) is 3.43. The van der Waals surface area contributed by atoms with Gasteiger partial charge in [-0.3, -0.25) is 9.69 Å². The van der Waals surface area contributed by atoms with Crippen LogP contribution in [0.3, 0.4) is 0 Å². The van der Waals surface area contributed by atoms with Crippen molar-refractivity contribution in [3.8, 4) is 5.75 Å². The molecule has 0 saturated heterocycles. The Morgan fingerprint density at radius 2 is 2.10 bits per heavy atom. The molecule has 0 aromatic heterocycles. The van der Waals surface area contributed by atoms with Crippen LogP contribution in [0.4, 0.5) is 0 Å². The molecule has 20 heavy (non-hydrogen) atoms. The number of ketones is 1. The second-order valence-corrected chi connectivity index (χ2v) is 5.78. The lowest BCUT2D eigenvalue weighted by molar-refractivity contribution is 0.0619. The van der Waals surface area contributed by atoms with E-state index in [0.717, 1.165) is 16.8 Å². The van der Waals surface area contributed by atoms with E-state index in [4.69, 9.17) is 9.47 Å². The molecular weight excluding hydrogens is 322 g/mol. The first-order valence-corrected chi connectivity index (χ1v) is 7.40. The van der Waals surface area contributed by atoms with Crippen LogP contribution in [-0.4, -0.2) is 50.6 Å². The number of rotatable bonds is 8. The molecule has 1 aromatic carbocycles. The molecule has 0 amide bonds. The number of hydrogen-bond acceptors (Lipinski definition) is 4. The first-order chi connectivity index (χ1) is 9.43. The molecule has 0 aliphatic rings. The second-order valence-electron chi connectivity index (χ2n) is 4.93. The van der Waals surface area contributed by atoms with E-state index < -0.39 is 0 Å². The number of carbonyl (C=O) groups is 1. The number of benzene rings is 1. The molecule has 1 rings (SSSR count). The van der Waals surface area contributed by atoms with Crippen molar-refractivity contribution in [2.45, 2.75) is 20.0 Å². The van der Waals surface area contributed by atoms with Crippen molar-refractivity contribution < 1.29 is 14.3 Å². The molecule has 0 heterocycles. The first-order valence-electron chi connectivity index (χ1n) is 6.61. The van der Waals surface area contributed by atoms with E-state index in [2.05, 4.69) is 15.9 Å². The van der Waals surface area contributed by atoms with Gasteiger partial charge in [0.25, 0.3) is 0 Å². The summed E-state index contributed by atoms with van der Waals surface area (Å²) in [6, 6.07) is 5.36. The minimum absolute atomic E-state index is 0.0837. The van der Waals surface area contributed by atoms with Gasteiger partial charge in [-0.1, -0.05) is 0 Å². The van der Waals surface area contributed by atoms with Gasteiger partial charge in [0.1, 0.15) is 5.75 Å². The van der Waals surface area contributed by atoms with Crippen molar-refractivity contribution in [2.75, 3.05) is 33.9 Å². The molecule has 1 aromatic rings. The fourth-order valence-corrected chi connectivity index (χ4v) is 2.24. The average molecular weight is 344 g/mol. The van der Waals surface area contributed by atoms with Crippen LogP contribution in [0.5, 0.6) is 5.75 Å². The predicted molar refractivity (Wildman–Crippen MR) is 83.6 cm³/mol. The van der Waals surface area contributed by atoms with E-state index in [9.17, 15) is 4.79 Å². The van der Waals surface area contributed by atoms with Crippen LogP contribution in [0.15, 0.2) is 22.7 Å². The maximum atomic E-state index is 12.2. The van der Waals surface area contributed by atoms with Gasteiger partial charge in [-0.15, -0.1) is 0 Å². The van der Waals surface area contributed by atoms with Crippen LogP contribution < -0.4 is 4.74 Å². The van der Waals surface area contributed by atoms with E-state index in [1.165, 1.54) is 0 Å².